The highest BCUT2D eigenvalue weighted by Crippen LogP contribution is 2.28. The van der Waals surface area contributed by atoms with Crippen molar-refractivity contribution in [1.82, 2.24) is 0 Å². The molecule has 0 spiro atoms. The van der Waals surface area contributed by atoms with Crippen molar-refractivity contribution in [2.24, 2.45) is 0 Å². The predicted molar refractivity (Wildman–Crippen MR) is 71.8 cm³/mol. The van der Waals surface area contributed by atoms with Gasteiger partial charge in [-0.3, -0.25) is 10.1 Å². The van der Waals surface area contributed by atoms with Crippen molar-refractivity contribution < 1.29 is 9.66 Å². The van der Waals surface area contributed by atoms with Crippen LogP contribution >= 0.6 is 0 Å². The average Bonchev–Trinajstić information content (AvgIpc) is 2.38. The molecule has 5 nitrogen and oxygen atoms in total. The highest BCUT2D eigenvalue weighted by molar-refractivity contribution is 5.65. The van der Waals surface area contributed by atoms with Gasteiger partial charge in [-0.15, -0.1) is 0 Å². The second-order valence-electron chi connectivity index (χ2n) is 4.08. The SMILES string of the molecule is CCCCCOCc1cccc([N+](=O)[O-])c1NC. The third-order valence-electron chi connectivity index (χ3n) is 2.73. The lowest BCUT2D eigenvalue weighted by atomic mass is 10.1. The number of para-hydroxylation sites is 1. The minimum absolute atomic E-state index is 0.0900. The van der Waals surface area contributed by atoms with E-state index in [-0.39, 0.29) is 10.6 Å². The van der Waals surface area contributed by atoms with E-state index < -0.39 is 0 Å². The monoisotopic (exact) mass is 252 g/mol. The Kier molecular flexibility index (Phi) is 6.14. The molecule has 100 valence electrons. The van der Waals surface area contributed by atoms with Crippen molar-refractivity contribution in [2.45, 2.75) is 32.8 Å². The van der Waals surface area contributed by atoms with Crippen molar-refractivity contribution in [3.63, 3.8) is 0 Å². The molecule has 0 atom stereocenters. The van der Waals surface area contributed by atoms with Crippen LogP contribution in [0.15, 0.2) is 18.2 Å². The molecular weight excluding hydrogens is 232 g/mol. The Labute approximate surface area is 107 Å². The van der Waals surface area contributed by atoms with Crippen molar-refractivity contribution in [2.75, 3.05) is 19.0 Å². The van der Waals surface area contributed by atoms with Crippen LogP contribution in [0.5, 0.6) is 0 Å². The molecule has 0 aliphatic heterocycles. The lowest BCUT2D eigenvalue weighted by Gasteiger charge is -2.10. The zero-order valence-electron chi connectivity index (χ0n) is 10.9. The molecular formula is C13H20N2O3. The minimum Gasteiger partial charge on any atom is -0.382 e. The van der Waals surface area contributed by atoms with Gasteiger partial charge < -0.3 is 10.1 Å². The molecule has 0 radical (unpaired) electrons. The van der Waals surface area contributed by atoms with E-state index in [0.717, 1.165) is 24.8 Å². The summed E-state index contributed by atoms with van der Waals surface area (Å²) in [6, 6.07) is 5.02. The molecule has 0 saturated heterocycles. The van der Waals surface area contributed by atoms with Gasteiger partial charge in [0.05, 0.1) is 11.5 Å². The van der Waals surface area contributed by atoms with E-state index in [4.69, 9.17) is 4.74 Å². The van der Waals surface area contributed by atoms with E-state index in [1.807, 2.05) is 6.07 Å². The van der Waals surface area contributed by atoms with Gasteiger partial charge in [0.15, 0.2) is 0 Å². The summed E-state index contributed by atoms with van der Waals surface area (Å²) >= 11 is 0. The van der Waals surface area contributed by atoms with Gasteiger partial charge in [0.25, 0.3) is 5.69 Å². The minimum atomic E-state index is -0.383. The molecule has 0 unspecified atom stereocenters. The quantitative estimate of drug-likeness (QED) is 0.438. The number of anilines is 1. The van der Waals surface area contributed by atoms with Crippen LogP contribution in [0.1, 0.15) is 31.7 Å². The number of nitro benzene ring substituents is 1. The fourth-order valence-electron chi connectivity index (χ4n) is 1.78. The topological polar surface area (TPSA) is 64.4 Å². The van der Waals surface area contributed by atoms with E-state index >= 15 is 0 Å². The third kappa shape index (κ3) is 4.00. The Hall–Kier alpha value is -1.62. The number of nitro groups is 1. The van der Waals surface area contributed by atoms with Gasteiger partial charge >= 0.3 is 0 Å². The Morgan fingerprint density at radius 3 is 2.78 bits per heavy atom. The molecule has 18 heavy (non-hydrogen) atoms. The Morgan fingerprint density at radius 1 is 1.39 bits per heavy atom. The van der Waals surface area contributed by atoms with Crippen LogP contribution in [0.4, 0.5) is 11.4 Å². The van der Waals surface area contributed by atoms with Gasteiger partial charge in [0, 0.05) is 25.3 Å². The highest BCUT2D eigenvalue weighted by Gasteiger charge is 2.15. The number of hydrogen-bond donors (Lipinski definition) is 1. The Morgan fingerprint density at radius 2 is 2.17 bits per heavy atom. The van der Waals surface area contributed by atoms with Crippen LogP contribution in [0.2, 0.25) is 0 Å². The molecule has 0 aromatic heterocycles. The molecule has 0 aliphatic carbocycles. The number of ether oxygens (including phenoxy) is 1. The molecule has 1 aromatic carbocycles. The first-order valence-corrected chi connectivity index (χ1v) is 6.22. The van der Waals surface area contributed by atoms with Crippen LogP contribution in [-0.2, 0) is 11.3 Å². The number of nitrogens with one attached hydrogen (secondary N) is 1. The second kappa shape index (κ2) is 7.66. The molecule has 5 heteroatoms. The second-order valence-corrected chi connectivity index (χ2v) is 4.08. The fraction of sp³-hybridized carbons (Fsp3) is 0.538. The van der Waals surface area contributed by atoms with E-state index in [0.29, 0.717) is 18.9 Å². The lowest BCUT2D eigenvalue weighted by Crippen LogP contribution is -2.03. The van der Waals surface area contributed by atoms with Gasteiger partial charge in [-0.2, -0.15) is 0 Å². The Bertz CT molecular complexity index is 394. The first kappa shape index (κ1) is 14.4. The molecule has 0 aliphatic rings. The van der Waals surface area contributed by atoms with Gasteiger partial charge in [0.1, 0.15) is 5.69 Å². The molecule has 1 N–H and O–H groups in total. The summed E-state index contributed by atoms with van der Waals surface area (Å²) in [4.78, 5) is 10.5. The largest absolute Gasteiger partial charge is 0.382 e. The fourth-order valence-corrected chi connectivity index (χ4v) is 1.78. The van der Waals surface area contributed by atoms with E-state index in [1.54, 1.807) is 13.1 Å². The van der Waals surface area contributed by atoms with Gasteiger partial charge in [-0.05, 0) is 6.42 Å². The van der Waals surface area contributed by atoms with E-state index in [9.17, 15) is 10.1 Å². The number of nitrogens with zero attached hydrogens (tertiary/aromatic N) is 1. The van der Waals surface area contributed by atoms with Crippen molar-refractivity contribution in [3.05, 3.63) is 33.9 Å². The third-order valence-corrected chi connectivity index (χ3v) is 2.73. The van der Waals surface area contributed by atoms with E-state index in [1.165, 1.54) is 6.07 Å². The summed E-state index contributed by atoms with van der Waals surface area (Å²) in [5.41, 5.74) is 1.45. The van der Waals surface area contributed by atoms with Crippen LogP contribution in [0.25, 0.3) is 0 Å². The molecule has 1 rings (SSSR count). The number of hydrogen-bond acceptors (Lipinski definition) is 4. The normalized spacial score (nSPS) is 10.3. The molecule has 1 aromatic rings. The van der Waals surface area contributed by atoms with E-state index in [2.05, 4.69) is 12.2 Å². The van der Waals surface area contributed by atoms with Crippen LogP contribution in [-0.4, -0.2) is 18.6 Å². The summed E-state index contributed by atoms with van der Waals surface area (Å²) in [5, 5.41) is 13.7. The standard InChI is InChI=1S/C13H20N2O3/c1-3-4-5-9-18-10-11-7-6-8-12(15(16)17)13(11)14-2/h6-8,14H,3-5,9-10H2,1-2H3. The van der Waals surface area contributed by atoms with Gasteiger partial charge in [-0.25, -0.2) is 0 Å². The number of rotatable bonds is 8. The highest BCUT2D eigenvalue weighted by atomic mass is 16.6. The van der Waals surface area contributed by atoms with Crippen LogP contribution in [0, 0.1) is 10.1 Å². The van der Waals surface area contributed by atoms with Crippen LogP contribution in [0.3, 0.4) is 0 Å². The maximum absolute atomic E-state index is 10.9. The van der Waals surface area contributed by atoms with Crippen LogP contribution < -0.4 is 5.32 Å². The zero-order chi connectivity index (χ0) is 13.4. The smallest absolute Gasteiger partial charge is 0.292 e. The number of unbranched alkanes of at least 4 members (excludes halogenated alkanes) is 2. The first-order valence-electron chi connectivity index (χ1n) is 6.22. The molecule has 0 fully saturated rings. The summed E-state index contributed by atoms with van der Waals surface area (Å²) in [6.07, 6.45) is 3.33. The van der Waals surface area contributed by atoms with Gasteiger partial charge in [-0.1, -0.05) is 31.9 Å². The molecule has 0 heterocycles. The lowest BCUT2D eigenvalue weighted by molar-refractivity contribution is -0.384. The van der Waals surface area contributed by atoms with Gasteiger partial charge in [0.2, 0.25) is 0 Å². The summed E-state index contributed by atoms with van der Waals surface area (Å²) < 4.78 is 5.54. The zero-order valence-corrected chi connectivity index (χ0v) is 10.9. The number of benzene rings is 1. The predicted octanol–water partition coefficient (Wildman–Crippen LogP) is 3.34. The molecule has 0 amide bonds. The average molecular weight is 252 g/mol. The first-order chi connectivity index (χ1) is 8.70. The summed E-state index contributed by atoms with van der Waals surface area (Å²) in [5.74, 6) is 0. The molecule has 0 bridgehead atoms. The maximum atomic E-state index is 10.9. The van der Waals surface area contributed by atoms with Crippen molar-refractivity contribution in [1.29, 1.82) is 0 Å². The summed E-state index contributed by atoms with van der Waals surface area (Å²) in [7, 11) is 1.68. The molecule has 0 saturated carbocycles. The summed E-state index contributed by atoms with van der Waals surface area (Å²) in [6.45, 7) is 3.24. The Balaban J connectivity index is 2.64. The van der Waals surface area contributed by atoms with Crippen molar-refractivity contribution in [3.8, 4) is 0 Å². The van der Waals surface area contributed by atoms with Crippen molar-refractivity contribution >= 4 is 11.4 Å². The maximum Gasteiger partial charge on any atom is 0.292 e.